The van der Waals surface area contributed by atoms with Crippen LogP contribution < -0.4 is 4.74 Å². The first-order valence-corrected chi connectivity index (χ1v) is 4.98. The van der Waals surface area contributed by atoms with Crippen LogP contribution in [0.2, 0.25) is 0 Å². The van der Waals surface area contributed by atoms with Crippen molar-refractivity contribution in [1.29, 1.82) is 0 Å². The fourth-order valence-electron chi connectivity index (χ4n) is 1.24. The molecule has 15 heavy (non-hydrogen) atoms. The highest BCUT2D eigenvalue weighted by atomic mass is 32.1. The first kappa shape index (κ1) is 9.92. The number of aryl methyl sites for hydroxylation is 1. The van der Waals surface area contributed by atoms with Crippen molar-refractivity contribution >= 4 is 12.2 Å². The number of nitrogens with zero attached hydrogens (tertiary/aromatic N) is 1. The van der Waals surface area contributed by atoms with Crippen LogP contribution in [0.5, 0.6) is 5.75 Å². The molecule has 0 atom stereocenters. The van der Waals surface area contributed by atoms with Gasteiger partial charge in [0.1, 0.15) is 12.4 Å². The standard InChI is InChI=1S/C10H11N3OS/c1-7-4-2-3-5-8(7)14-6-9-11-10(15)13-12-9/h2-5H,6H2,1H3,(H2,11,12,13,15). The smallest absolute Gasteiger partial charge is 0.213 e. The number of rotatable bonds is 3. The van der Waals surface area contributed by atoms with E-state index in [1.165, 1.54) is 0 Å². The van der Waals surface area contributed by atoms with Crippen LogP contribution in [0.25, 0.3) is 0 Å². The average Bonchev–Trinajstić information content (AvgIpc) is 2.63. The Labute approximate surface area is 92.3 Å². The Morgan fingerprint density at radius 1 is 1.33 bits per heavy atom. The van der Waals surface area contributed by atoms with Crippen LogP contribution in [-0.4, -0.2) is 15.2 Å². The number of aromatic nitrogens is 3. The quantitative estimate of drug-likeness (QED) is 0.782. The van der Waals surface area contributed by atoms with Gasteiger partial charge < -0.3 is 4.74 Å². The summed E-state index contributed by atoms with van der Waals surface area (Å²) in [6.07, 6.45) is 0. The Bertz CT molecular complexity index is 503. The predicted octanol–water partition coefficient (Wildman–Crippen LogP) is 2.35. The van der Waals surface area contributed by atoms with Crippen LogP contribution in [-0.2, 0) is 6.61 Å². The molecule has 0 bridgehead atoms. The third kappa shape index (κ3) is 2.44. The third-order valence-corrected chi connectivity index (χ3v) is 2.20. The summed E-state index contributed by atoms with van der Waals surface area (Å²) in [6, 6.07) is 7.85. The Morgan fingerprint density at radius 2 is 2.13 bits per heavy atom. The Hall–Kier alpha value is -1.62. The van der Waals surface area contributed by atoms with Crippen LogP contribution in [0, 0.1) is 11.7 Å². The SMILES string of the molecule is Cc1ccccc1OCc1nc(=S)[nH][nH]1. The molecule has 0 amide bonds. The van der Waals surface area contributed by atoms with Crippen LogP contribution in [0.4, 0.5) is 0 Å². The van der Waals surface area contributed by atoms with Crippen molar-refractivity contribution in [3.05, 3.63) is 40.4 Å². The summed E-state index contributed by atoms with van der Waals surface area (Å²) in [6.45, 7) is 2.39. The van der Waals surface area contributed by atoms with Crippen molar-refractivity contribution < 1.29 is 4.74 Å². The van der Waals surface area contributed by atoms with Gasteiger partial charge in [0.05, 0.1) is 0 Å². The highest BCUT2D eigenvalue weighted by Crippen LogP contribution is 2.16. The van der Waals surface area contributed by atoms with E-state index in [1.54, 1.807) is 0 Å². The molecule has 0 aliphatic rings. The number of hydrogen-bond acceptors (Lipinski definition) is 3. The molecule has 1 heterocycles. The maximum absolute atomic E-state index is 5.58. The van der Waals surface area contributed by atoms with Crippen LogP contribution in [0.3, 0.4) is 0 Å². The van der Waals surface area contributed by atoms with Gasteiger partial charge in [0.15, 0.2) is 5.82 Å². The van der Waals surface area contributed by atoms with E-state index in [9.17, 15) is 0 Å². The van der Waals surface area contributed by atoms with Crippen LogP contribution in [0.15, 0.2) is 24.3 Å². The molecule has 5 heteroatoms. The lowest BCUT2D eigenvalue weighted by atomic mass is 10.2. The van der Waals surface area contributed by atoms with E-state index in [1.807, 2.05) is 31.2 Å². The molecule has 0 aliphatic carbocycles. The van der Waals surface area contributed by atoms with E-state index in [2.05, 4.69) is 15.2 Å². The molecule has 0 radical (unpaired) electrons. The summed E-state index contributed by atoms with van der Waals surface area (Å²) in [5, 5.41) is 5.55. The molecule has 2 aromatic rings. The minimum atomic E-state index is 0.387. The number of ether oxygens (including phenoxy) is 1. The fraction of sp³-hybridized carbons (Fsp3) is 0.200. The lowest BCUT2D eigenvalue weighted by Crippen LogP contribution is -1.98. The zero-order valence-electron chi connectivity index (χ0n) is 8.28. The topological polar surface area (TPSA) is 53.7 Å². The number of aromatic amines is 2. The van der Waals surface area contributed by atoms with Gasteiger partial charge in [0.2, 0.25) is 4.77 Å². The second kappa shape index (κ2) is 4.27. The Balaban J connectivity index is 2.05. The number of benzene rings is 1. The summed E-state index contributed by atoms with van der Waals surface area (Å²) in [4.78, 5) is 4.03. The van der Waals surface area contributed by atoms with E-state index in [4.69, 9.17) is 17.0 Å². The fourth-order valence-corrected chi connectivity index (χ4v) is 1.40. The van der Waals surface area contributed by atoms with Gasteiger partial charge in [-0.3, -0.25) is 10.2 Å². The van der Waals surface area contributed by atoms with Crippen molar-refractivity contribution in [1.82, 2.24) is 15.2 Å². The van der Waals surface area contributed by atoms with Crippen LogP contribution >= 0.6 is 12.2 Å². The first-order valence-electron chi connectivity index (χ1n) is 4.58. The monoisotopic (exact) mass is 221 g/mol. The molecule has 1 aromatic heterocycles. The normalized spacial score (nSPS) is 10.2. The lowest BCUT2D eigenvalue weighted by Gasteiger charge is -2.06. The molecule has 1 aromatic carbocycles. The molecule has 0 unspecified atom stereocenters. The molecule has 0 saturated carbocycles. The lowest BCUT2D eigenvalue weighted by molar-refractivity contribution is 0.294. The van der Waals surface area contributed by atoms with Gasteiger partial charge in [-0.1, -0.05) is 18.2 Å². The molecule has 0 aliphatic heterocycles. The van der Waals surface area contributed by atoms with Gasteiger partial charge in [-0.2, -0.15) is 0 Å². The van der Waals surface area contributed by atoms with Gasteiger partial charge in [-0.05, 0) is 30.8 Å². The van der Waals surface area contributed by atoms with E-state index in [-0.39, 0.29) is 0 Å². The van der Waals surface area contributed by atoms with Crippen molar-refractivity contribution in [2.24, 2.45) is 0 Å². The van der Waals surface area contributed by atoms with Gasteiger partial charge in [0.25, 0.3) is 0 Å². The van der Waals surface area contributed by atoms with Gasteiger partial charge in [-0.15, -0.1) is 0 Å². The summed E-state index contributed by atoms with van der Waals surface area (Å²) in [5.74, 6) is 1.56. The van der Waals surface area contributed by atoms with E-state index in [0.29, 0.717) is 17.2 Å². The molecule has 0 fully saturated rings. The van der Waals surface area contributed by atoms with E-state index >= 15 is 0 Å². The molecular weight excluding hydrogens is 210 g/mol. The third-order valence-electron chi connectivity index (χ3n) is 2.01. The molecule has 0 saturated heterocycles. The number of H-pyrrole nitrogens is 2. The van der Waals surface area contributed by atoms with Gasteiger partial charge in [0, 0.05) is 0 Å². The average molecular weight is 221 g/mol. The highest BCUT2D eigenvalue weighted by molar-refractivity contribution is 7.71. The van der Waals surface area contributed by atoms with Crippen molar-refractivity contribution in [2.75, 3.05) is 0 Å². The molecule has 0 spiro atoms. The summed E-state index contributed by atoms with van der Waals surface area (Å²) in [5.41, 5.74) is 1.10. The summed E-state index contributed by atoms with van der Waals surface area (Å²) >= 11 is 4.84. The first-order chi connectivity index (χ1) is 7.25. The largest absolute Gasteiger partial charge is 0.485 e. The van der Waals surface area contributed by atoms with Gasteiger partial charge in [-0.25, -0.2) is 4.98 Å². The zero-order valence-corrected chi connectivity index (χ0v) is 9.10. The molecule has 78 valence electrons. The van der Waals surface area contributed by atoms with Crippen molar-refractivity contribution in [3.8, 4) is 5.75 Å². The minimum Gasteiger partial charge on any atom is -0.485 e. The van der Waals surface area contributed by atoms with E-state index in [0.717, 1.165) is 11.3 Å². The molecule has 2 rings (SSSR count). The van der Waals surface area contributed by atoms with E-state index < -0.39 is 0 Å². The highest BCUT2D eigenvalue weighted by Gasteiger charge is 2.00. The Morgan fingerprint density at radius 3 is 2.80 bits per heavy atom. The zero-order chi connectivity index (χ0) is 10.7. The maximum atomic E-state index is 5.58. The summed E-state index contributed by atoms with van der Waals surface area (Å²) < 4.78 is 6.02. The second-order valence-electron chi connectivity index (χ2n) is 3.17. The van der Waals surface area contributed by atoms with Gasteiger partial charge >= 0.3 is 0 Å². The molecule has 2 N–H and O–H groups in total. The van der Waals surface area contributed by atoms with Crippen molar-refractivity contribution in [2.45, 2.75) is 13.5 Å². The van der Waals surface area contributed by atoms with Crippen molar-refractivity contribution in [3.63, 3.8) is 0 Å². The van der Waals surface area contributed by atoms with Crippen LogP contribution in [0.1, 0.15) is 11.4 Å². The Kier molecular flexibility index (Phi) is 2.82. The predicted molar refractivity (Wildman–Crippen MR) is 59.3 cm³/mol. The number of nitrogens with one attached hydrogen (secondary N) is 2. The number of para-hydroxylation sites is 1. The molecule has 4 nitrogen and oxygen atoms in total. The second-order valence-corrected chi connectivity index (χ2v) is 3.55. The minimum absolute atomic E-state index is 0.387. The maximum Gasteiger partial charge on any atom is 0.213 e. The number of hydrogen-bond donors (Lipinski definition) is 2. The molecular formula is C10H11N3OS. The summed E-state index contributed by atoms with van der Waals surface area (Å²) in [7, 11) is 0.